The predicted molar refractivity (Wildman–Crippen MR) is 102 cm³/mol. The second-order valence-electron chi connectivity index (χ2n) is 5.93. The lowest BCUT2D eigenvalue weighted by Crippen LogP contribution is -2.15. The number of para-hydroxylation sites is 1. The van der Waals surface area contributed by atoms with Crippen molar-refractivity contribution >= 4 is 11.9 Å². The summed E-state index contributed by atoms with van der Waals surface area (Å²) in [7, 11) is 4.13. The van der Waals surface area contributed by atoms with Crippen LogP contribution in [0.4, 0.5) is 0 Å². The number of rotatable bonds is 6. The monoisotopic (exact) mass is 380 g/mol. The molecule has 1 aromatic heterocycles. The average Bonchev–Trinajstić information content (AvgIpc) is 3.14. The summed E-state index contributed by atoms with van der Waals surface area (Å²) in [6.45, 7) is 0.468. The van der Waals surface area contributed by atoms with Crippen LogP contribution >= 0.6 is 0 Å². The lowest BCUT2D eigenvalue weighted by molar-refractivity contribution is 0.0549. The fourth-order valence-corrected chi connectivity index (χ4v) is 2.88. The fraction of sp³-hybridized carbons (Fsp3) is 0.190. The van der Waals surface area contributed by atoms with Crippen molar-refractivity contribution < 1.29 is 23.8 Å². The first-order valence-electron chi connectivity index (χ1n) is 8.54. The van der Waals surface area contributed by atoms with E-state index in [0.29, 0.717) is 23.6 Å². The van der Waals surface area contributed by atoms with Gasteiger partial charge in [0.1, 0.15) is 11.3 Å². The molecule has 0 saturated carbocycles. The molecule has 0 aliphatic heterocycles. The molecule has 2 aromatic carbocycles. The summed E-state index contributed by atoms with van der Waals surface area (Å²) in [5, 5.41) is 4.55. The van der Waals surface area contributed by atoms with Gasteiger partial charge in [-0.1, -0.05) is 42.5 Å². The summed E-state index contributed by atoms with van der Waals surface area (Å²) >= 11 is 0. The van der Waals surface area contributed by atoms with Crippen LogP contribution in [0.2, 0.25) is 0 Å². The Morgan fingerprint density at radius 1 is 0.893 bits per heavy atom. The maximum absolute atomic E-state index is 12.6. The van der Waals surface area contributed by atoms with Gasteiger partial charge in [-0.25, -0.2) is 14.3 Å². The van der Waals surface area contributed by atoms with E-state index in [4.69, 9.17) is 14.2 Å². The Balaban J connectivity index is 2.25. The molecule has 0 atom stereocenters. The second kappa shape index (κ2) is 8.49. The minimum Gasteiger partial charge on any atom is -0.465 e. The van der Waals surface area contributed by atoms with E-state index < -0.39 is 11.9 Å². The van der Waals surface area contributed by atoms with E-state index in [2.05, 4.69) is 5.10 Å². The zero-order valence-electron chi connectivity index (χ0n) is 15.8. The van der Waals surface area contributed by atoms with Gasteiger partial charge >= 0.3 is 11.9 Å². The highest BCUT2D eigenvalue weighted by Crippen LogP contribution is 2.29. The van der Waals surface area contributed by atoms with Gasteiger partial charge in [0.2, 0.25) is 0 Å². The van der Waals surface area contributed by atoms with Crippen LogP contribution in [0.5, 0.6) is 0 Å². The normalized spacial score (nSPS) is 10.5. The van der Waals surface area contributed by atoms with Crippen LogP contribution in [0, 0.1) is 0 Å². The summed E-state index contributed by atoms with van der Waals surface area (Å²) in [4.78, 5) is 25.1. The molecule has 7 heteroatoms. The molecule has 0 saturated heterocycles. The van der Waals surface area contributed by atoms with E-state index in [1.807, 2.05) is 42.5 Å². The van der Waals surface area contributed by atoms with Crippen molar-refractivity contribution in [1.29, 1.82) is 0 Å². The van der Waals surface area contributed by atoms with Gasteiger partial charge in [-0.05, 0) is 17.7 Å². The second-order valence-corrected chi connectivity index (χ2v) is 5.93. The van der Waals surface area contributed by atoms with E-state index in [0.717, 1.165) is 5.56 Å². The SMILES string of the molecule is COCc1ccc(-c2nn(-c3ccccc3)c(C(=O)OC)c2C(=O)OC)cc1. The van der Waals surface area contributed by atoms with Crippen LogP contribution in [0.1, 0.15) is 26.4 Å². The molecule has 1 heterocycles. The van der Waals surface area contributed by atoms with Crippen LogP contribution in [-0.2, 0) is 20.8 Å². The van der Waals surface area contributed by atoms with Crippen molar-refractivity contribution in [3.8, 4) is 16.9 Å². The van der Waals surface area contributed by atoms with E-state index in [1.54, 1.807) is 19.2 Å². The molecule has 0 fully saturated rings. The third-order valence-corrected chi connectivity index (χ3v) is 4.19. The van der Waals surface area contributed by atoms with E-state index in [9.17, 15) is 9.59 Å². The Kier molecular flexibility index (Phi) is 5.86. The molecule has 0 aliphatic rings. The third kappa shape index (κ3) is 3.65. The van der Waals surface area contributed by atoms with E-state index >= 15 is 0 Å². The van der Waals surface area contributed by atoms with Crippen molar-refractivity contribution in [3.63, 3.8) is 0 Å². The van der Waals surface area contributed by atoms with Crippen LogP contribution in [-0.4, -0.2) is 43.0 Å². The van der Waals surface area contributed by atoms with Crippen LogP contribution in [0.15, 0.2) is 54.6 Å². The van der Waals surface area contributed by atoms with Crippen molar-refractivity contribution in [2.24, 2.45) is 0 Å². The van der Waals surface area contributed by atoms with Gasteiger partial charge in [0.05, 0.1) is 26.5 Å². The van der Waals surface area contributed by atoms with Crippen molar-refractivity contribution in [2.75, 3.05) is 21.3 Å². The molecule has 28 heavy (non-hydrogen) atoms. The van der Waals surface area contributed by atoms with Gasteiger partial charge in [-0.2, -0.15) is 5.10 Å². The molecule has 0 spiro atoms. The highest BCUT2D eigenvalue weighted by Gasteiger charge is 2.31. The Morgan fingerprint density at radius 3 is 2.11 bits per heavy atom. The molecule has 0 amide bonds. The fourth-order valence-electron chi connectivity index (χ4n) is 2.88. The summed E-state index contributed by atoms with van der Waals surface area (Å²) in [6.07, 6.45) is 0. The number of carbonyl (C=O) groups is 2. The lowest BCUT2D eigenvalue weighted by Gasteiger charge is -2.07. The van der Waals surface area contributed by atoms with E-state index in [-0.39, 0.29) is 11.3 Å². The number of benzene rings is 2. The number of ether oxygens (including phenoxy) is 3. The Hall–Kier alpha value is -3.45. The Bertz CT molecular complexity index is 978. The summed E-state index contributed by atoms with van der Waals surface area (Å²) in [5.41, 5.74) is 2.66. The third-order valence-electron chi connectivity index (χ3n) is 4.19. The molecule has 3 rings (SSSR count). The largest absolute Gasteiger partial charge is 0.465 e. The smallest absolute Gasteiger partial charge is 0.357 e. The van der Waals surface area contributed by atoms with Crippen LogP contribution < -0.4 is 0 Å². The molecule has 0 bridgehead atoms. The maximum atomic E-state index is 12.6. The number of nitrogens with zero attached hydrogens (tertiary/aromatic N) is 2. The number of esters is 2. The molecule has 3 aromatic rings. The van der Waals surface area contributed by atoms with Gasteiger partial charge in [0.15, 0.2) is 5.69 Å². The molecule has 7 nitrogen and oxygen atoms in total. The van der Waals surface area contributed by atoms with Gasteiger partial charge in [0, 0.05) is 12.7 Å². The van der Waals surface area contributed by atoms with Gasteiger partial charge in [-0.15, -0.1) is 0 Å². The average molecular weight is 380 g/mol. The maximum Gasteiger partial charge on any atom is 0.357 e. The molecule has 0 aliphatic carbocycles. The number of carbonyl (C=O) groups excluding carboxylic acids is 2. The zero-order chi connectivity index (χ0) is 20.1. The Labute approximate surface area is 162 Å². The highest BCUT2D eigenvalue weighted by molar-refractivity contribution is 6.06. The van der Waals surface area contributed by atoms with Crippen molar-refractivity contribution in [3.05, 3.63) is 71.4 Å². The van der Waals surface area contributed by atoms with E-state index in [1.165, 1.54) is 18.9 Å². The molecular formula is C21H20N2O5. The molecular weight excluding hydrogens is 360 g/mol. The van der Waals surface area contributed by atoms with Crippen LogP contribution in [0.25, 0.3) is 16.9 Å². The number of aromatic nitrogens is 2. The summed E-state index contributed by atoms with van der Waals surface area (Å²) in [6, 6.07) is 16.4. The topological polar surface area (TPSA) is 79.7 Å². The van der Waals surface area contributed by atoms with Gasteiger partial charge in [-0.3, -0.25) is 0 Å². The van der Waals surface area contributed by atoms with Gasteiger partial charge < -0.3 is 14.2 Å². The molecule has 0 unspecified atom stereocenters. The van der Waals surface area contributed by atoms with Gasteiger partial charge in [0.25, 0.3) is 0 Å². The number of hydrogen-bond donors (Lipinski definition) is 0. The highest BCUT2D eigenvalue weighted by atomic mass is 16.5. The first kappa shape index (κ1) is 19.3. The minimum absolute atomic E-state index is 0.0107. The first-order valence-corrected chi connectivity index (χ1v) is 8.54. The zero-order valence-corrected chi connectivity index (χ0v) is 15.8. The number of hydrogen-bond acceptors (Lipinski definition) is 6. The first-order chi connectivity index (χ1) is 13.6. The standard InChI is InChI=1S/C21H20N2O5/c1-26-13-14-9-11-15(12-10-14)18-17(20(24)27-2)19(21(25)28-3)23(22-18)16-7-5-4-6-8-16/h4-12H,13H2,1-3H3. The van der Waals surface area contributed by atoms with Crippen molar-refractivity contribution in [2.45, 2.75) is 6.61 Å². The predicted octanol–water partition coefficient (Wildman–Crippen LogP) is 3.26. The lowest BCUT2D eigenvalue weighted by atomic mass is 10.0. The quantitative estimate of drug-likeness (QED) is 0.611. The molecule has 0 N–H and O–H groups in total. The summed E-state index contributed by atoms with van der Waals surface area (Å²) in [5.74, 6) is -1.35. The molecule has 0 radical (unpaired) electrons. The van der Waals surface area contributed by atoms with Crippen molar-refractivity contribution in [1.82, 2.24) is 9.78 Å². The number of methoxy groups -OCH3 is 3. The Morgan fingerprint density at radius 2 is 1.54 bits per heavy atom. The molecule has 144 valence electrons. The minimum atomic E-state index is -0.681. The van der Waals surface area contributed by atoms with Crippen LogP contribution in [0.3, 0.4) is 0 Å². The summed E-state index contributed by atoms with van der Waals surface area (Å²) < 4.78 is 16.4.